The summed E-state index contributed by atoms with van der Waals surface area (Å²) in [5.74, 6) is -2.65. The molecule has 0 spiro atoms. The van der Waals surface area contributed by atoms with Crippen LogP contribution < -0.4 is 0 Å². The molecule has 0 saturated heterocycles. The van der Waals surface area contributed by atoms with Gasteiger partial charge in [-0.3, -0.25) is 0 Å². The van der Waals surface area contributed by atoms with Crippen molar-refractivity contribution in [1.82, 2.24) is 0 Å². The van der Waals surface area contributed by atoms with E-state index in [0.717, 1.165) is 39.4 Å². The number of benzene rings is 6. The van der Waals surface area contributed by atoms with Crippen LogP contribution in [-0.4, -0.2) is 45.4 Å². The van der Waals surface area contributed by atoms with Crippen molar-refractivity contribution in [3.8, 4) is 0 Å². The summed E-state index contributed by atoms with van der Waals surface area (Å²) in [6.07, 6.45) is 0. The third-order valence-electron chi connectivity index (χ3n) is 6.73. The number of rotatable bonds is 3. The Labute approximate surface area is 394 Å². The molecular formula is C39H40O7Y4. The van der Waals surface area contributed by atoms with E-state index in [-0.39, 0.29) is 131 Å². The minimum atomic E-state index is -0.882. The number of aromatic carboxylic acids is 3. The molecule has 6 rings (SSSR count). The second-order valence-corrected chi connectivity index (χ2v) is 10.1. The number of carboxylic acids is 3. The maximum atomic E-state index is 10.7. The van der Waals surface area contributed by atoms with Gasteiger partial charge in [-0.25, -0.2) is 14.4 Å². The largest absolute Gasteiger partial charge is 0.478 e. The molecule has 11 heteroatoms. The summed E-state index contributed by atoms with van der Waals surface area (Å²) in [6, 6.07) is 33.4. The van der Waals surface area contributed by atoms with Gasteiger partial charge in [-0.15, -0.1) is 0 Å². The molecule has 6 aromatic carbocycles. The average molecular weight is 976 g/mol. The fraction of sp³-hybridized carbons (Fsp3) is 0.154. The molecule has 50 heavy (non-hydrogen) atoms. The Morgan fingerprint density at radius 2 is 0.540 bits per heavy atom. The Bertz CT molecular complexity index is 1750. The van der Waals surface area contributed by atoms with Gasteiger partial charge in [0.2, 0.25) is 0 Å². The minimum absolute atomic E-state index is 0. The van der Waals surface area contributed by atoms with Crippen LogP contribution in [0.3, 0.4) is 0 Å². The van der Waals surface area contributed by atoms with Gasteiger partial charge in [0.1, 0.15) is 0 Å². The van der Waals surface area contributed by atoms with Crippen LogP contribution in [0.2, 0.25) is 0 Å². The zero-order chi connectivity index (χ0) is 34.4. The molecule has 4 N–H and O–H groups in total. The standard InChI is InChI=1S/3C12H10O2.C2H6.CH4O.4Y/c3*1-8-2-3-10-7-11(12(13)14)5-4-9(10)6-8;2*1-2;;;;/h3*2-7H,1H3,(H,13,14);1-2H3;2H,1H3;;;;. The number of fused-ring (bicyclic) bond motifs is 3. The molecule has 0 bridgehead atoms. The number of hydrogen-bond donors (Lipinski definition) is 4. The average Bonchev–Trinajstić information content (AvgIpc) is 3.06. The number of aliphatic hydroxyl groups excluding tert-OH is 1. The molecule has 0 heterocycles. The number of aliphatic hydroxyl groups is 1. The van der Waals surface area contributed by atoms with Gasteiger partial charge < -0.3 is 20.4 Å². The molecule has 0 saturated carbocycles. The number of carbonyl (C=O) groups is 3. The van der Waals surface area contributed by atoms with Crippen molar-refractivity contribution in [2.45, 2.75) is 34.6 Å². The molecule has 0 fully saturated rings. The van der Waals surface area contributed by atoms with Gasteiger partial charge in [-0.2, -0.15) is 0 Å². The van der Waals surface area contributed by atoms with Crippen molar-refractivity contribution in [3.63, 3.8) is 0 Å². The summed E-state index contributed by atoms with van der Waals surface area (Å²) in [4.78, 5) is 32.1. The molecule has 250 valence electrons. The maximum Gasteiger partial charge on any atom is 0.335 e. The zero-order valence-corrected chi connectivity index (χ0v) is 40.6. The van der Waals surface area contributed by atoms with Crippen molar-refractivity contribution in [3.05, 3.63) is 143 Å². The first-order valence-corrected chi connectivity index (χ1v) is 14.7. The second-order valence-electron chi connectivity index (χ2n) is 10.1. The number of hydrogen-bond acceptors (Lipinski definition) is 4. The fourth-order valence-electron chi connectivity index (χ4n) is 4.49. The van der Waals surface area contributed by atoms with Crippen LogP contribution in [0, 0.1) is 20.8 Å². The van der Waals surface area contributed by atoms with Crippen molar-refractivity contribution in [1.29, 1.82) is 0 Å². The van der Waals surface area contributed by atoms with E-state index < -0.39 is 17.9 Å². The number of carboxylic acid groups (broad SMARTS) is 3. The Hall–Kier alpha value is -1.11. The topological polar surface area (TPSA) is 132 Å². The summed E-state index contributed by atoms with van der Waals surface area (Å²) in [5, 5.41) is 39.5. The first kappa shape index (κ1) is 53.2. The second kappa shape index (κ2) is 27.5. The Balaban J connectivity index is -0.000000607. The van der Waals surface area contributed by atoms with E-state index in [9.17, 15) is 14.4 Å². The van der Waals surface area contributed by atoms with Crippen molar-refractivity contribution in [2.24, 2.45) is 0 Å². The SMILES string of the molecule is CC.CO.Cc1ccc2cc(C(=O)O)ccc2c1.Cc1ccc2cc(C(=O)O)ccc2c1.Cc1ccc2cc(C(=O)O)ccc2c1.[Y].[Y].[Y].[Y]. The summed E-state index contributed by atoms with van der Waals surface area (Å²) < 4.78 is 0. The van der Waals surface area contributed by atoms with Crippen LogP contribution in [0.1, 0.15) is 61.6 Å². The Kier molecular flexibility index (Phi) is 29.3. The van der Waals surface area contributed by atoms with E-state index in [1.165, 1.54) is 16.7 Å². The van der Waals surface area contributed by atoms with Crippen LogP contribution in [-0.2, 0) is 131 Å². The van der Waals surface area contributed by atoms with E-state index in [0.29, 0.717) is 16.7 Å². The summed E-state index contributed by atoms with van der Waals surface area (Å²) >= 11 is 0. The summed E-state index contributed by atoms with van der Waals surface area (Å²) in [6.45, 7) is 10.1. The van der Waals surface area contributed by atoms with Crippen molar-refractivity contribution in [2.75, 3.05) is 7.11 Å². The number of aryl methyl sites for hydroxylation is 3. The molecule has 6 aromatic rings. The van der Waals surface area contributed by atoms with E-state index in [1.54, 1.807) is 36.4 Å². The normalized spacial score (nSPS) is 8.94. The van der Waals surface area contributed by atoms with Crippen LogP contribution in [0.25, 0.3) is 32.3 Å². The molecule has 0 aliphatic heterocycles. The maximum absolute atomic E-state index is 10.7. The zero-order valence-electron chi connectivity index (χ0n) is 29.2. The molecule has 0 amide bonds. The van der Waals surface area contributed by atoms with Crippen molar-refractivity contribution < 1.29 is 166 Å². The fourth-order valence-corrected chi connectivity index (χ4v) is 4.49. The molecule has 0 unspecified atom stereocenters. The van der Waals surface area contributed by atoms with Gasteiger partial charge in [0, 0.05) is 138 Å². The van der Waals surface area contributed by atoms with Gasteiger partial charge in [0.05, 0.1) is 16.7 Å². The minimum Gasteiger partial charge on any atom is -0.478 e. The van der Waals surface area contributed by atoms with Gasteiger partial charge in [-0.1, -0.05) is 103 Å². The Morgan fingerprint density at radius 3 is 0.740 bits per heavy atom. The monoisotopic (exact) mass is 976 g/mol. The van der Waals surface area contributed by atoms with E-state index >= 15 is 0 Å². The molecule has 4 radical (unpaired) electrons. The van der Waals surface area contributed by atoms with Crippen LogP contribution in [0.5, 0.6) is 0 Å². The van der Waals surface area contributed by atoms with Gasteiger partial charge in [0.15, 0.2) is 0 Å². The summed E-state index contributed by atoms with van der Waals surface area (Å²) in [7, 11) is 1.00. The molecule has 7 nitrogen and oxygen atoms in total. The molecule has 0 atom stereocenters. The molecular weight excluding hydrogens is 936 g/mol. The van der Waals surface area contributed by atoms with Crippen LogP contribution >= 0.6 is 0 Å². The van der Waals surface area contributed by atoms with Crippen LogP contribution in [0.15, 0.2) is 109 Å². The van der Waals surface area contributed by atoms with Gasteiger partial charge in [-0.05, 0) is 89.5 Å². The van der Waals surface area contributed by atoms with Gasteiger partial charge in [0.25, 0.3) is 0 Å². The smallest absolute Gasteiger partial charge is 0.335 e. The van der Waals surface area contributed by atoms with E-state index in [4.69, 9.17) is 20.4 Å². The van der Waals surface area contributed by atoms with Crippen LogP contribution in [0.4, 0.5) is 0 Å². The first-order chi connectivity index (χ1) is 22.0. The van der Waals surface area contributed by atoms with E-state index in [2.05, 4.69) is 0 Å². The molecule has 0 aromatic heterocycles. The third kappa shape index (κ3) is 16.7. The summed E-state index contributed by atoms with van der Waals surface area (Å²) in [5.41, 5.74) is 4.55. The van der Waals surface area contributed by atoms with E-state index in [1.807, 2.05) is 107 Å². The Morgan fingerprint density at radius 1 is 0.360 bits per heavy atom. The van der Waals surface area contributed by atoms with Crippen molar-refractivity contribution >= 4 is 50.2 Å². The quantitative estimate of drug-likeness (QED) is 0.139. The first-order valence-electron chi connectivity index (χ1n) is 14.7. The van der Waals surface area contributed by atoms with Gasteiger partial charge >= 0.3 is 17.9 Å². The molecule has 0 aliphatic rings. The molecule has 0 aliphatic carbocycles. The third-order valence-corrected chi connectivity index (χ3v) is 6.73. The predicted octanol–water partition coefficient (Wildman–Crippen LogP) is 9.16. The predicted molar refractivity (Wildman–Crippen MR) is 186 cm³/mol.